The minimum atomic E-state index is 0.627. The molecule has 0 aliphatic carbocycles. The number of aromatic nitrogens is 2. The van der Waals surface area contributed by atoms with Gasteiger partial charge in [0.2, 0.25) is 0 Å². The van der Waals surface area contributed by atoms with Gasteiger partial charge >= 0.3 is 0 Å². The van der Waals surface area contributed by atoms with Gasteiger partial charge in [0, 0.05) is 5.39 Å². The number of para-hydroxylation sites is 2. The molecule has 0 aliphatic rings. The normalized spacial score (nSPS) is 10.4. The summed E-state index contributed by atoms with van der Waals surface area (Å²) < 4.78 is 2.77. The van der Waals surface area contributed by atoms with E-state index in [1.54, 1.807) is 6.07 Å². The maximum absolute atomic E-state index is 9.17. The Balaban J connectivity index is 2.36. The van der Waals surface area contributed by atoms with E-state index in [2.05, 4.69) is 33.8 Å². The first-order valence-corrected chi connectivity index (χ1v) is 6.52. The molecule has 0 radical (unpaired) electrons. The van der Waals surface area contributed by atoms with Crippen LogP contribution in [-0.4, -0.2) is 9.78 Å². The van der Waals surface area contributed by atoms with Crippen LogP contribution < -0.4 is 0 Å². The maximum Gasteiger partial charge on any atom is 0.131 e. The number of nitrogens with zero attached hydrogens (tertiary/aromatic N) is 3. The van der Waals surface area contributed by atoms with Crippen LogP contribution in [-0.2, 0) is 0 Å². The summed E-state index contributed by atoms with van der Waals surface area (Å²) in [5, 5.41) is 14.8. The van der Waals surface area contributed by atoms with E-state index in [0.717, 1.165) is 20.3 Å². The van der Waals surface area contributed by atoms with Crippen LogP contribution in [0.3, 0.4) is 0 Å². The van der Waals surface area contributed by atoms with Gasteiger partial charge in [-0.1, -0.05) is 30.3 Å². The Morgan fingerprint density at radius 1 is 1.06 bits per heavy atom. The molecule has 0 fully saturated rings. The average molecular weight is 345 g/mol. The molecule has 0 aliphatic heterocycles. The van der Waals surface area contributed by atoms with Crippen molar-refractivity contribution in [1.29, 1.82) is 5.26 Å². The van der Waals surface area contributed by atoms with E-state index in [-0.39, 0.29) is 0 Å². The third-order valence-electron chi connectivity index (χ3n) is 2.79. The van der Waals surface area contributed by atoms with Crippen molar-refractivity contribution in [3.05, 3.63) is 57.8 Å². The van der Waals surface area contributed by atoms with Crippen molar-refractivity contribution < 1.29 is 0 Å². The predicted molar refractivity (Wildman–Crippen MR) is 78.5 cm³/mol. The van der Waals surface area contributed by atoms with Gasteiger partial charge in [-0.05, 0) is 40.8 Å². The molecule has 0 amide bonds. The molecule has 0 saturated carbocycles. The Morgan fingerprint density at radius 3 is 2.61 bits per heavy atom. The molecule has 86 valence electrons. The summed E-state index contributed by atoms with van der Waals surface area (Å²) in [4.78, 5) is 0. The number of rotatable bonds is 1. The van der Waals surface area contributed by atoms with E-state index < -0.39 is 0 Å². The Hall–Kier alpha value is -1.87. The molecule has 2 aromatic carbocycles. The summed E-state index contributed by atoms with van der Waals surface area (Å²) in [6.45, 7) is 0. The fraction of sp³-hybridized carbons (Fsp3) is 0. The van der Waals surface area contributed by atoms with Crippen molar-refractivity contribution in [2.45, 2.75) is 0 Å². The number of hydrogen-bond donors (Lipinski definition) is 0. The van der Waals surface area contributed by atoms with Crippen LogP contribution in [0.1, 0.15) is 5.56 Å². The third kappa shape index (κ3) is 1.68. The lowest BCUT2D eigenvalue weighted by atomic mass is 10.2. The second kappa shape index (κ2) is 4.42. The molecule has 3 aromatic rings. The highest BCUT2D eigenvalue weighted by atomic mass is 127. The summed E-state index contributed by atoms with van der Waals surface area (Å²) in [6, 6.07) is 17.7. The molecule has 1 aromatic heterocycles. The van der Waals surface area contributed by atoms with Crippen LogP contribution >= 0.6 is 22.6 Å². The average Bonchev–Trinajstić information content (AvgIpc) is 2.77. The molecular formula is C14H8IN3. The summed E-state index contributed by atoms with van der Waals surface area (Å²) in [6.07, 6.45) is 0. The van der Waals surface area contributed by atoms with Gasteiger partial charge in [-0.2, -0.15) is 10.4 Å². The molecular weight excluding hydrogens is 337 g/mol. The SMILES string of the molecule is N#Cc1ccccc1-n1nc(I)c2ccccc21. The first-order valence-electron chi connectivity index (χ1n) is 5.44. The molecule has 18 heavy (non-hydrogen) atoms. The van der Waals surface area contributed by atoms with Crippen molar-refractivity contribution in [1.82, 2.24) is 9.78 Å². The molecule has 0 N–H and O–H groups in total. The van der Waals surface area contributed by atoms with Crippen LogP contribution in [0.5, 0.6) is 0 Å². The van der Waals surface area contributed by atoms with Crippen LogP contribution in [0.15, 0.2) is 48.5 Å². The lowest BCUT2D eigenvalue weighted by Crippen LogP contribution is -1.99. The molecule has 1 heterocycles. The van der Waals surface area contributed by atoms with Crippen molar-refractivity contribution in [3.63, 3.8) is 0 Å². The predicted octanol–water partition coefficient (Wildman–Crippen LogP) is 3.50. The van der Waals surface area contributed by atoms with E-state index in [1.807, 2.05) is 47.1 Å². The van der Waals surface area contributed by atoms with Gasteiger partial charge in [0.1, 0.15) is 9.77 Å². The quantitative estimate of drug-likeness (QED) is 0.634. The van der Waals surface area contributed by atoms with Crippen molar-refractivity contribution >= 4 is 33.5 Å². The fourth-order valence-corrected chi connectivity index (χ4v) is 2.64. The number of fused-ring (bicyclic) bond motifs is 1. The Labute approximate surface area is 118 Å². The summed E-state index contributed by atoms with van der Waals surface area (Å²) in [7, 11) is 0. The minimum Gasteiger partial charge on any atom is -0.231 e. The molecule has 3 nitrogen and oxygen atoms in total. The van der Waals surface area contributed by atoms with E-state index in [1.165, 1.54) is 0 Å². The number of hydrogen-bond acceptors (Lipinski definition) is 2. The van der Waals surface area contributed by atoms with Gasteiger partial charge in [-0.3, -0.25) is 0 Å². The molecule has 0 atom stereocenters. The largest absolute Gasteiger partial charge is 0.231 e. The standard InChI is InChI=1S/C14H8IN3/c15-14-11-6-2-4-8-13(11)18(17-14)12-7-3-1-5-10(12)9-16/h1-8H. The van der Waals surface area contributed by atoms with Crippen LogP contribution in [0.4, 0.5) is 0 Å². The Morgan fingerprint density at radius 2 is 1.78 bits per heavy atom. The second-order valence-corrected chi connectivity index (χ2v) is 4.87. The Kier molecular flexibility index (Phi) is 2.76. The highest BCUT2D eigenvalue weighted by molar-refractivity contribution is 14.1. The number of benzene rings is 2. The summed E-state index contributed by atoms with van der Waals surface area (Å²) in [5.74, 6) is 0. The first kappa shape index (κ1) is 11.2. The second-order valence-electron chi connectivity index (χ2n) is 3.85. The topological polar surface area (TPSA) is 41.6 Å². The monoisotopic (exact) mass is 345 g/mol. The molecule has 0 spiro atoms. The zero-order valence-corrected chi connectivity index (χ0v) is 11.5. The van der Waals surface area contributed by atoms with E-state index in [4.69, 9.17) is 5.26 Å². The van der Waals surface area contributed by atoms with Crippen molar-refractivity contribution in [2.24, 2.45) is 0 Å². The molecule has 4 heteroatoms. The van der Waals surface area contributed by atoms with Crippen LogP contribution in [0.2, 0.25) is 0 Å². The van der Waals surface area contributed by atoms with Gasteiger partial charge in [0.15, 0.2) is 0 Å². The van der Waals surface area contributed by atoms with Crippen LogP contribution in [0.25, 0.3) is 16.6 Å². The van der Waals surface area contributed by atoms with Gasteiger partial charge < -0.3 is 0 Å². The van der Waals surface area contributed by atoms with E-state index >= 15 is 0 Å². The highest BCUT2D eigenvalue weighted by Gasteiger charge is 2.11. The molecule has 0 unspecified atom stereocenters. The number of nitriles is 1. The smallest absolute Gasteiger partial charge is 0.131 e. The lowest BCUT2D eigenvalue weighted by molar-refractivity contribution is 0.894. The zero-order chi connectivity index (χ0) is 12.5. The number of halogens is 1. The molecule has 3 rings (SSSR count). The maximum atomic E-state index is 9.17. The Bertz CT molecular complexity index is 768. The van der Waals surface area contributed by atoms with E-state index in [0.29, 0.717) is 5.56 Å². The highest BCUT2D eigenvalue weighted by Crippen LogP contribution is 2.24. The van der Waals surface area contributed by atoms with Crippen molar-refractivity contribution in [3.8, 4) is 11.8 Å². The minimum absolute atomic E-state index is 0.627. The summed E-state index contributed by atoms with van der Waals surface area (Å²) in [5.41, 5.74) is 2.46. The first-order chi connectivity index (χ1) is 8.81. The van der Waals surface area contributed by atoms with Crippen molar-refractivity contribution in [2.75, 3.05) is 0 Å². The molecule has 0 saturated heterocycles. The van der Waals surface area contributed by atoms with E-state index in [9.17, 15) is 0 Å². The van der Waals surface area contributed by atoms with Crippen LogP contribution in [0, 0.1) is 15.0 Å². The zero-order valence-electron chi connectivity index (χ0n) is 9.34. The third-order valence-corrected chi connectivity index (χ3v) is 3.59. The van der Waals surface area contributed by atoms with Gasteiger partial charge in [0.25, 0.3) is 0 Å². The van der Waals surface area contributed by atoms with Gasteiger partial charge in [-0.25, -0.2) is 4.68 Å². The lowest BCUT2D eigenvalue weighted by Gasteiger charge is -2.04. The summed E-state index contributed by atoms with van der Waals surface area (Å²) >= 11 is 2.21. The van der Waals surface area contributed by atoms with Gasteiger partial charge in [-0.15, -0.1) is 0 Å². The fourth-order valence-electron chi connectivity index (χ4n) is 1.96. The molecule has 0 bridgehead atoms. The van der Waals surface area contributed by atoms with Gasteiger partial charge in [0.05, 0.1) is 16.8 Å².